The van der Waals surface area contributed by atoms with Crippen LogP contribution in [0.5, 0.6) is 0 Å². The van der Waals surface area contributed by atoms with E-state index < -0.39 is 6.10 Å². The fourth-order valence-electron chi connectivity index (χ4n) is 0.777. The molecule has 3 N–H and O–H groups in total. The molecule has 0 aromatic carbocycles. The van der Waals surface area contributed by atoms with Crippen molar-refractivity contribution in [2.45, 2.75) is 12.5 Å². The van der Waals surface area contributed by atoms with E-state index in [0.29, 0.717) is 13.0 Å². The maximum atomic E-state index is 9.19. The van der Waals surface area contributed by atoms with Crippen molar-refractivity contribution >= 4 is 27.3 Å². The second kappa shape index (κ2) is 4.21. The van der Waals surface area contributed by atoms with Crippen LogP contribution < -0.4 is 5.73 Å². The van der Waals surface area contributed by atoms with Crippen LogP contribution in [0.15, 0.2) is 15.9 Å². The lowest BCUT2D eigenvalue weighted by Gasteiger charge is -2.03. The van der Waals surface area contributed by atoms with Crippen molar-refractivity contribution in [1.29, 1.82) is 0 Å². The highest BCUT2D eigenvalue weighted by atomic mass is 79.9. The Morgan fingerprint density at radius 3 is 2.82 bits per heavy atom. The molecule has 1 unspecified atom stereocenters. The van der Waals surface area contributed by atoms with E-state index in [9.17, 15) is 5.11 Å². The summed E-state index contributed by atoms with van der Waals surface area (Å²) in [5, 5.41) is 9.19. The first-order valence-electron chi connectivity index (χ1n) is 3.34. The summed E-state index contributed by atoms with van der Waals surface area (Å²) in [5.41, 5.74) is 5.27. The zero-order chi connectivity index (χ0) is 8.27. The molecule has 0 saturated carbocycles. The van der Waals surface area contributed by atoms with Gasteiger partial charge < -0.3 is 10.8 Å². The standard InChI is InChI=1S/C7H10BrNOS/c8-7-2-1-6(11-7)3-5(10)4-9/h1-2,5,10H,3-4,9H2. The largest absolute Gasteiger partial charge is 0.391 e. The lowest BCUT2D eigenvalue weighted by atomic mass is 10.2. The molecule has 4 heteroatoms. The van der Waals surface area contributed by atoms with Gasteiger partial charge in [-0.25, -0.2) is 0 Å². The van der Waals surface area contributed by atoms with Crippen LogP contribution in [0.1, 0.15) is 4.88 Å². The smallest absolute Gasteiger partial charge is 0.0710 e. The van der Waals surface area contributed by atoms with Crippen LogP contribution in [-0.4, -0.2) is 17.8 Å². The number of thiophene rings is 1. The summed E-state index contributed by atoms with van der Waals surface area (Å²) in [6.07, 6.45) is 0.257. The van der Waals surface area contributed by atoms with E-state index >= 15 is 0 Å². The van der Waals surface area contributed by atoms with Crippen LogP contribution >= 0.6 is 27.3 Å². The predicted molar refractivity (Wildman–Crippen MR) is 50.8 cm³/mol. The van der Waals surface area contributed by atoms with Crippen molar-refractivity contribution < 1.29 is 5.11 Å². The minimum Gasteiger partial charge on any atom is -0.391 e. The molecule has 1 atom stereocenters. The van der Waals surface area contributed by atoms with Crippen LogP contribution in [0.3, 0.4) is 0 Å². The molecule has 0 aliphatic carbocycles. The monoisotopic (exact) mass is 235 g/mol. The Kier molecular flexibility index (Phi) is 3.51. The first kappa shape index (κ1) is 9.19. The van der Waals surface area contributed by atoms with Gasteiger partial charge in [-0.1, -0.05) is 0 Å². The Morgan fingerprint density at radius 1 is 1.64 bits per heavy atom. The van der Waals surface area contributed by atoms with Crippen molar-refractivity contribution in [3.8, 4) is 0 Å². The average Bonchev–Trinajstić information content (AvgIpc) is 2.35. The SMILES string of the molecule is NCC(O)Cc1ccc(Br)s1. The predicted octanol–water partition coefficient (Wildman–Crippen LogP) is 1.37. The Labute approximate surface area is 78.2 Å². The van der Waals surface area contributed by atoms with Gasteiger partial charge in [-0.05, 0) is 28.1 Å². The number of nitrogens with two attached hydrogens (primary N) is 1. The normalized spacial score (nSPS) is 13.4. The van der Waals surface area contributed by atoms with E-state index in [1.54, 1.807) is 11.3 Å². The molecular formula is C7H10BrNOS. The van der Waals surface area contributed by atoms with Crippen LogP contribution in [0.25, 0.3) is 0 Å². The van der Waals surface area contributed by atoms with Crippen LogP contribution in [0.4, 0.5) is 0 Å². The summed E-state index contributed by atoms with van der Waals surface area (Å²) < 4.78 is 1.09. The van der Waals surface area contributed by atoms with Gasteiger partial charge in [-0.15, -0.1) is 11.3 Å². The number of hydrogen-bond donors (Lipinski definition) is 2. The third kappa shape index (κ3) is 2.91. The second-order valence-corrected chi connectivity index (χ2v) is 4.85. The quantitative estimate of drug-likeness (QED) is 0.832. The highest BCUT2D eigenvalue weighted by Crippen LogP contribution is 2.22. The molecule has 1 aromatic rings. The Morgan fingerprint density at radius 2 is 2.36 bits per heavy atom. The summed E-state index contributed by atoms with van der Waals surface area (Å²) in [6.45, 7) is 0.329. The van der Waals surface area contributed by atoms with Crippen molar-refractivity contribution in [3.05, 3.63) is 20.8 Å². The Balaban J connectivity index is 2.50. The van der Waals surface area contributed by atoms with Gasteiger partial charge in [0.05, 0.1) is 9.89 Å². The molecule has 0 fully saturated rings. The maximum absolute atomic E-state index is 9.19. The van der Waals surface area contributed by atoms with Crippen molar-refractivity contribution in [3.63, 3.8) is 0 Å². The van der Waals surface area contributed by atoms with Gasteiger partial charge in [0.15, 0.2) is 0 Å². The molecule has 0 aliphatic heterocycles. The van der Waals surface area contributed by atoms with E-state index in [1.807, 2.05) is 12.1 Å². The van der Waals surface area contributed by atoms with E-state index in [4.69, 9.17) is 5.73 Å². The molecule has 2 nitrogen and oxygen atoms in total. The van der Waals surface area contributed by atoms with E-state index in [0.717, 1.165) is 8.66 Å². The molecule has 1 aromatic heterocycles. The molecular weight excluding hydrogens is 226 g/mol. The average molecular weight is 236 g/mol. The molecule has 62 valence electrons. The van der Waals surface area contributed by atoms with Gasteiger partial charge in [0.1, 0.15) is 0 Å². The van der Waals surface area contributed by atoms with E-state index in [1.165, 1.54) is 0 Å². The minimum atomic E-state index is -0.402. The van der Waals surface area contributed by atoms with Crippen LogP contribution in [0, 0.1) is 0 Å². The molecule has 0 radical (unpaired) electrons. The fraction of sp³-hybridized carbons (Fsp3) is 0.429. The lowest BCUT2D eigenvalue weighted by Crippen LogP contribution is -2.21. The molecule has 0 saturated heterocycles. The van der Waals surface area contributed by atoms with Gasteiger partial charge in [0.25, 0.3) is 0 Å². The zero-order valence-electron chi connectivity index (χ0n) is 5.96. The van der Waals surface area contributed by atoms with Crippen molar-refractivity contribution in [2.24, 2.45) is 5.73 Å². The third-order valence-electron chi connectivity index (χ3n) is 1.34. The van der Waals surface area contributed by atoms with Gasteiger partial charge >= 0.3 is 0 Å². The number of aliphatic hydroxyl groups is 1. The first-order valence-corrected chi connectivity index (χ1v) is 4.95. The van der Waals surface area contributed by atoms with Gasteiger partial charge in [0.2, 0.25) is 0 Å². The summed E-state index contributed by atoms with van der Waals surface area (Å²) in [5.74, 6) is 0. The second-order valence-electron chi connectivity index (χ2n) is 2.30. The van der Waals surface area contributed by atoms with E-state index in [2.05, 4.69) is 15.9 Å². The van der Waals surface area contributed by atoms with Crippen LogP contribution in [0.2, 0.25) is 0 Å². The molecule has 0 amide bonds. The van der Waals surface area contributed by atoms with Gasteiger partial charge in [-0.3, -0.25) is 0 Å². The number of halogens is 1. The molecule has 11 heavy (non-hydrogen) atoms. The lowest BCUT2D eigenvalue weighted by molar-refractivity contribution is 0.184. The number of rotatable bonds is 3. The third-order valence-corrected chi connectivity index (χ3v) is 2.98. The zero-order valence-corrected chi connectivity index (χ0v) is 8.36. The minimum absolute atomic E-state index is 0.329. The molecule has 1 rings (SSSR count). The molecule has 1 heterocycles. The van der Waals surface area contributed by atoms with Crippen LogP contribution in [-0.2, 0) is 6.42 Å². The highest BCUT2D eigenvalue weighted by Gasteiger charge is 2.04. The van der Waals surface area contributed by atoms with Gasteiger partial charge in [-0.2, -0.15) is 0 Å². The van der Waals surface area contributed by atoms with Crippen molar-refractivity contribution in [2.75, 3.05) is 6.54 Å². The molecule has 0 bridgehead atoms. The summed E-state index contributed by atoms with van der Waals surface area (Å²) >= 11 is 4.98. The fourth-order valence-corrected chi connectivity index (χ4v) is 2.33. The first-order chi connectivity index (χ1) is 5.22. The molecule has 0 spiro atoms. The highest BCUT2D eigenvalue weighted by molar-refractivity contribution is 9.11. The maximum Gasteiger partial charge on any atom is 0.0710 e. The summed E-state index contributed by atoms with van der Waals surface area (Å²) in [4.78, 5) is 1.16. The Hall–Kier alpha value is 0.1000. The topological polar surface area (TPSA) is 46.2 Å². The molecule has 0 aliphatic rings. The number of aliphatic hydroxyl groups excluding tert-OH is 1. The van der Waals surface area contributed by atoms with Gasteiger partial charge in [0, 0.05) is 17.8 Å². The summed E-state index contributed by atoms with van der Waals surface area (Å²) in [6, 6.07) is 3.97. The summed E-state index contributed by atoms with van der Waals surface area (Å²) in [7, 11) is 0. The van der Waals surface area contributed by atoms with E-state index in [-0.39, 0.29) is 0 Å². The Bertz CT molecular complexity index is 226. The number of hydrogen-bond acceptors (Lipinski definition) is 3. The van der Waals surface area contributed by atoms with Crippen molar-refractivity contribution in [1.82, 2.24) is 0 Å².